The van der Waals surface area contributed by atoms with Crippen LogP contribution in [0, 0.1) is 5.41 Å². The van der Waals surface area contributed by atoms with Crippen molar-refractivity contribution >= 4 is 17.6 Å². The van der Waals surface area contributed by atoms with E-state index in [1.807, 2.05) is 30.3 Å². The van der Waals surface area contributed by atoms with E-state index in [0.29, 0.717) is 17.7 Å². The summed E-state index contributed by atoms with van der Waals surface area (Å²) in [6.07, 6.45) is 7.02. The van der Waals surface area contributed by atoms with Gasteiger partial charge in [0.05, 0.1) is 23.7 Å². The van der Waals surface area contributed by atoms with E-state index in [1.165, 1.54) is 7.11 Å². The van der Waals surface area contributed by atoms with Gasteiger partial charge >= 0.3 is 11.9 Å². The largest absolute Gasteiger partial charge is 0.466 e. The van der Waals surface area contributed by atoms with Crippen LogP contribution in [-0.2, 0) is 14.9 Å². The van der Waals surface area contributed by atoms with Gasteiger partial charge in [0.15, 0.2) is 0 Å². The minimum Gasteiger partial charge on any atom is -0.466 e. The van der Waals surface area contributed by atoms with Crippen molar-refractivity contribution in [2.75, 3.05) is 25.5 Å². The summed E-state index contributed by atoms with van der Waals surface area (Å²) in [7, 11) is 1.45. The maximum absolute atomic E-state index is 13.0. The first-order valence-electron chi connectivity index (χ1n) is 11.9. The lowest BCUT2D eigenvalue weighted by Crippen LogP contribution is -2.58. The Labute approximate surface area is 199 Å². The van der Waals surface area contributed by atoms with E-state index in [0.717, 1.165) is 48.5 Å². The molecule has 34 heavy (non-hydrogen) atoms. The molecule has 1 saturated heterocycles. The summed E-state index contributed by atoms with van der Waals surface area (Å²) in [5, 5.41) is 3.59. The zero-order valence-electron chi connectivity index (χ0n) is 19.5. The number of esters is 2. The molecule has 1 aliphatic carbocycles. The van der Waals surface area contributed by atoms with Crippen molar-refractivity contribution in [2.24, 2.45) is 5.41 Å². The Hall–Kier alpha value is -3.38. The number of hydrogen-bond acceptors (Lipinski definition) is 6. The Kier molecular flexibility index (Phi) is 4.71. The number of rotatable bonds is 4. The fourth-order valence-electron chi connectivity index (χ4n) is 6.84. The number of nitrogens with one attached hydrogen (secondary N) is 1. The average Bonchev–Trinajstić information content (AvgIpc) is 3.43. The van der Waals surface area contributed by atoms with Crippen LogP contribution in [0.3, 0.4) is 0 Å². The maximum atomic E-state index is 13.0. The van der Waals surface area contributed by atoms with E-state index in [-0.39, 0.29) is 28.8 Å². The van der Waals surface area contributed by atoms with Crippen molar-refractivity contribution < 1.29 is 19.1 Å². The van der Waals surface area contributed by atoms with Crippen molar-refractivity contribution in [1.29, 1.82) is 0 Å². The molecule has 174 valence electrons. The standard InChI is InChI=1S/C28H28N2O4/c1-3-27-12-7-14-30-15-13-28(26(27)30)21-16-18(24(31)34-19-8-5-4-6-9-19)10-11-22(21)29-23(28)20(17-27)25(32)33-2/h4-12,16,26,29H,3,13-15,17H2,1-2H3/t26-,27-,28-/m0/s1. The van der Waals surface area contributed by atoms with Crippen LogP contribution in [0.15, 0.2) is 72.0 Å². The molecule has 4 aliphatic rings. The molecule has 2 aromatic carbocycles. The second kappa shape index (κ2) is 7.57. The summed E-state index contributed by atoms with van der Waals surface area (Å²) in [4.78, 5) is 28.6. The fraction of sp³-hybridized carbons (Fsp3) is 0.357. The van der Waals surface area contributed by atoms with Gasteiger partial charge in [-0.05, 0) is 55.2 Å². The molecule has 0 saturated carbocycles. The number of hydrogen-bond donors (Lipinski definition) is 1. The van der Waals surface area contributed by atoms with Gasteiger partial charge in [-0.25, -0.2) is 9.59 Å². The molecule has 3 heterocycles. The van der Waals surface area contributed by atoms with Crippen LogP contribution >= 0.6 is 0 Å². The maximum Gasteiger partial charge on any atom is 0.343 e. The minimum absolute atomic E-state index is 0.161. The van der Waals surface area contributed by atoms with Crippen molar-refractivity contribution in [1.82, 2.24) is 4.90 Å². The summed E-state index contributed by atoms with van der Waals surface area (Å²) in [5.41, 5.74) is 3.67. The highest BCUT2D eigenvalue weighted by atomic mass is 16.5. The minimum atomic E-state index is -0.388. The predicted molar refractivity (Wildman–Crippen MR) is 129 cm³/mol. The van der Waals surface area contributed by atoms with Crippen LogP contribution in [-0.4, -0.2) is 43.1 Å². The molecule has 0 amide bonds. The second-order valence-corrected chi connectivity index (χ2v) is 9.72. The fourth-order valence-corrected chi connectivity index (χ4v) is 6.84. The van der Waals surface area contributed by atoms with E-state index in [2.05, 4.69) is 29.3 Å². The van der Waals surface area contributed by atoms with Gasteiger partial charge in [-0.1, -0.05) is 37.3 Å². The van der Waals surface area contributed by atoms with Gasteiger partial charge < -0.3 is 14.8 Å². The van der Waals surface area contributed by atoms with Crippen LogP contribution in [0.2, 0.25) is 0 Å². The highest BCUT2D eigenvalue weighted by Gasteiger charge is 2.65. The molecule has 1 fully saturated rings. The smallest absolute Gasteiger partial charge is 0.343 e. The van der Waals surface area contributed by atoms with Gasteiger partial charge in [-0.3, -0.25) is 4.90 Å². The van der Waals surface area contributed by atoms with E-state index in [9.17, 15) is 9.59 Å². The first-order valence-corrected chi connectivity index (χ1v) is 11.9. The SMILES string of the molecule is CC[C@]12C=CCN3CC[C@]4(C(=C(C(=O)OC)C1)Nc1ccc(C(=O)Oc5ccccc5)cc14)[C@@H]32. The second-order valence-electron chi connectivity index (χ2n) is 9.72. The molecule has 6 heteroatoms. The molecule has 0 unspecified atom stereocenters. The molecule has 3 atom stereocenters. The van der Waals surface area contributed by atoms with Crippen molar-refractivity contribution in [3.8, 4) is 5.75 Å². The molecule has 1 spiro atoms. The number of benzene rings is 2. The summed E-state index contributed by atoms with van der Waals surface area (Å²) in [6, 6.07) is 15.0. The van der Waals surface area contributed by atoms with Crippen LogP contribution < -0.4 is 10.1 Å². The summed E-state index contributed by atoms with van der Waals surface area (Å²) in [6.45, 7) is 4.05. The van der Waals surface area contributed by atoms with Gasteiger partial charge in [0.2, 0.25) is 0 Å². The van der Waals surface area contributed by atoms with Crippen LogP contribution in [0.25, 0.3) is 0 Å². The van der Waals surface area contributed by atoms with Crippen LogP contribution in [0.4, 0.5) is 5.69 Å². The molecular formula is C28H28N2O4. The van der Waals surface area contributed by atoms with Gasteiger partial charge in [0, 0.05) is 35.9 Å². The number of nitrogens with zero attached hydrogens (tertiary/aromatic N) is 1. The van der Waals surface area contributed by atoms with E-state index < -0.39 is 0 Å². The van der Waals surface area contributed by atoms with E-state index in [1.54, 1.807) is 18.2 Å². The molecule has 0 aromatic heterocycles. The Balaban J connectivity index is 1.50. The molecule has 0 radical (unpaired) electrons. The average molecular weight is 457 g/mol. The number of para-hydroxylation sites is 1. The number of methoxy groups -OCH3 is 1. The third kappa shape index (κ3) is 2.78. The Morgan fingerprint density at radius 1 is 1.15 bits per heavy atom. The first-order chi connectivity index (χ1) is 16.5. The Bertz CT molecular complexity index is 1250. The third-order valence-corrected chi connectivity index (χ3v) is 8.25. The van der Waals surface area contributed by atoms with Gasteiger partial charge in [0.25, 0.3) is 0 Å². The zero-order chi connectivity index (χ0) is 23.5. The number of anilines is 1. The monoisotopic (exact) mass is 456 g/mol. The van der Waals surface area contributed by atoms with Crippen LogP contribution in [0.1, 0.15) is 42.1 Å². The quantitative estimate of drug-likeness (QED) is 0.417. The Morgan fingerprint density at radius 2 is 1.97 bits per heavy atom. The van der Waals surface area contributed by atoms with E-state index >= 15 is 0 Å². The summed E-state index contributed by atoms with van der Waals surface area (Å²) >= 11 is 0. The lowest BCUT2D eigenvalue weighted by molar-refractivity contribution is -0.137. The molecule has 6 rings (SSSR count). The zero-order valence-corrected chi connectivity index (χ0v) is 19.5. The molecular weight excluding hydrogens is 428 g/mol. The molecule has 3 aliphatic heterocycles. The highest BCUT2D eigenvalue weighted by molar-refractivity contribution is 5.95. The van der Waals surface area contributed by atoms with Gasteiger partial charge in [-0.15, -0.1) is 0 Å². The number of carbonyl (C=O) groups is 2. The first kappa shape index (κ1) is 21.2. The molecule has 2 aromatic rings. The van der Waals surface area contributed by atoms with E-state index in [4.69, 9.17) is 9.47 Å². The third-order valence-electron chi connectivity index (χ3n) is 8.25. The van der Waals surface area contributed by atoms with Gasteiger partial charge in [-0.2, -0.15) is 0 Å². The summed E-state index contributed by atoms with van der Waals surface area (Å²) < 4.78 is 10.9. The predicted octanol–water partition coefficient (Wildman–Crippen LogP) is 4.44. The molecule has 6 nitrogen and oxygen atoms in total. The van der Waals surface area contributed by atoms with Crippen molar-refractivity contribution in [2.45, 2.75) is 37.6 Å². The number of ether oxygens (including phenoxy) is 2. The topological polar surface area (TPSA) is 67.9 Å². The number of carbonyl (C=O) groups excluding carboxylic acids is 2. The Morgan fingerprint density at radius 3 is 2.74 bits per heavy atom. The highest BCUT2D eigenvalue weighted by Crippen LogP contribution is 2.64. The number of fused-ring (bicyclic) bond motifs is 1. The van der Waals surface area contributed by atoms with Crippen LogP contribution in [0.5, 0.6) is 5.75 Å². The normalized spacial score (nSPS) is 28.6. The van der Waals surface area contributed by atoms with Crippen molar-refractivity contribution in [3.63, 3.8) is 0 Å². The van der Waals surface area contributed by atoms with Crippen molar-refractivity contribution in [3.05, 3.63) is 83.1 Å². The van der Waals surface area contributed by atoms with Gasteiger partial charge in [0.1, 0.15) is 5.75 Å². The lowest BCUT2D eigenvalue weighted by atomic mass is 9.55. The molecule has 0 bridgehead atoms. The molecule has 1 N–H and O–H groups in total. The lowest BCUT2D eigenvalue weighted by Gasteiger charge is -2.53. The summed E-state index contributed by atoms with van der Waals surface area (Å²) in [5.74, 6) is -0.140.